The molecule has 1 saturated heterocycles. The van der Waals surface area contributed by atoms with Crippen molar-refractivity contribution in [1.29, 1.82) is 0 Å². The van der Waals surface area contributed by atoms with Crippen molar-refractivity contribution >= 4 is 35.2 Å². The molecule has 7 heteroatoms. The van der Waals surface area contributed by atoms with Gasteiger partial charge < -0.3 is 15.0 Å². The summed E-state index contributed by atoms with van der Waals surface area (Å²) < 4.78 is 5.60. The summed E-state index contributed by atoms with van der Waals surface area (Å²) in [6, 6.07) is 23.8. The lowest BCUT2D eigenvalue weighted by Gasteiger charge is -2.38. The van der Waals surface area contributed by atoms with Gasteiger partial charge in [-0.1, -0.05) is 89.9 Å². The predicted molar refractivity (Wildman–Crippen MR) is 149 cm³/mol. The molecule has 1 fully saturated rings. The van der Waals surface area contributed by atoms with Crippen molar-refractivity contribution in [3.63, 3.8) is 0 Å². The number of ether oxygens (including phenoxy) is 1. The Morgan fingerprint density at radius 1 is 0.973 bits per heavy atom. The molecule has 1 N–H and O–H groups in total. The fourth-order valence-corrected chi connectivity index (χ4v) is 5.07. The van der Waals surface area contributed by atoms with E-state index in [9.17, 15) is 9.59 Å². The zero-order chi connectivity index (χ0) is 26.6. The normalized spacial score (nSPS) is 17.8. The van der Waals surface area contributed by atoms with Gasteiger partial charge in [-0.3, -0.25) is 4.79 Å². The number of halogens is 2. The minimum Gasteiger partial charge on any atom is -0.444 e. The molecule has 194 valence electrons. The molecule has 2 atom stereocenters. The van der Waals surface area contributed by atoms with Crippen LogP contribution in [0.3, 0.4) is 0 Å². The zero-order valence-electron chi connectivity index (χ0n) is 21.3. The number of nitrogens with zero attached hydrogens (tertiary/aromatic N) is 1. The summed E-state index contributed by atoms with van der Waals surface area (Å²) in [5.41, 5.74) is 3.42. The number of likely N-dealkylation sites (tertiary alicyclic amines) is 1. The summed E-state index contributed by atoms with van der Waals surface area (Å²) in [5.74, 6) is -0.651. The first-order valence-corrected chi connectivity index (χ1v) is 13.2. The molecule has 5 nitrogen and oxygen atoms in total. The quantitative estimate of drug-likeness (QED) is 0.370. The molecule has 1 aliphatic heterocycles. The average Bonchev–Trinajstić information content (AvgIpc) is 2.88. The summed E-state index contributed by atoms with van der Waals surface area (Å²) in [5, 5.41) is 3.90. The van der Waals surface area contributed by atoms with Gasteiger partial charge in [0.15, 0.2) is 0 Å². The van der Waals surface area contributed by atoms with Gasteiger partial charge in [-0.15, -0.1) is 0 Å². The van der Waals surface area contributed by atoms with Crippen LogP contribution in [0.1, 0.15) is 44.2 Å². The smallest absolute Gasteiger partial charge is 0.410 e. The molecule has 0 aromatic heterocycles. The number of benzene rings is 3. The summed E-state index contributed by atoms with van der Waals surface area (Å²) >= 11 is 12.5. The standard InChI is InChI=1S/C30H32Cl2N2O3/c1-30(2,3)37-29(36)34-16-15-24(22-12-7-11-21(17-22)20-9-5-4-6-10-20)25(19-34)28(35)33-18-23-13-8-14-26(31)27(23)32/h4-14,17,24-25H,15-16,18-19H2,1-3H3,(H,33,35)/t24-,25+/m1/s1. The van der Waals surface area contributed by atoms with E-state index >= 15 is 0 Å². The highest BCUT2D eigenvalue weighted by Crippen LogP contribution is 2.36. The third-order valence-electron chi connectivity index (χ3n) is 6.51. The van der Waals surface area contributed by atoms with E-state index in [0.717, 1.165) is 22.3 Å². The first-order chi connectivity index (χ1) is 17.6. The Bertz CT molecular complexity index is 1260. The second kappa shape index (κ2) is 11.6. The number of carbonyl (C=O) groups excluding carboxylic acids is 2. The Morgan fingerprint density at radius 2 is 1.68 bits per heavy atom. The van der Waals surface area contributed by atoms with E-state index in [4.69, 9.17) is 27.9 Å². The molecule has 0 radical (unpaired) electrons. The first kappa shape index (κ1) is 27.0. The zero-order valence-corrected chi connectivity index (χ0v) is 22.9. The Hall–Kier alpha value is -3.02. The van der Waals surface area contributed by atoms with Gasteiger partial charge in [0.25, 0.3) is 0 Å². The van der Waals surface area contributed by atoms with E-state index in [2.05, 4.69) is 35.6 Å². The summed E-state index contributed by atoms with van der Waals surface area (Å²) in [4.78, 5) is 28.1. The Balaban J connectivity index is 1.59. The number of amides is 2. The maximum atomic E-state index is 13.6. The lowest BCUT2D eigenvalue weighted by atomic mass is 9.79. The monoisotopic (exact) mass is 538 g/mol. The maximum absolute atomic E-state index is 13.6. The molecule has 1 aliphatic rings. The van der Waals surface area contributed by atoms with E-state index in [1.807, 2.05) is 51.1 Å². The topological polar surface area (TPSA) is 58.6 Å². The molecular formula is C30H32Cl2N2O3. The molecule has 37 heavy (non-hydrogen) atoms. The van der Waals surface area contributed by atoms with Gasteiger partial charge in [0, 0.05) is 19.6 Å². The van der Waals surface area contributed by atoms with Gasteiger partial charge in [-0.25, -0.2) is 4.79 Å². The third kappa shape index (κ3) is 6.85. The Morgan fingerprint density at radius 3 is 2.41 bits per heavy atom. The molecular weight excluding hydrogens is 507 g/mol. The van der Waals surface area contributed by atoms with Crippen molar-refractivity contribution in [2.75, 3.05) is 13.1 Å². The molecule has 4 rings (SSSR count). The highest BCUT2D eigenvalue weighted by atomic mass is 35.5. The number of rotatable bonds is 5. The largest absolute Gasteiger partial charge is 0.444 e. The predicted octanol–water partition coefficient (Wildman–Crippen LogP) is 7.32. The molecule has 0 spiro atoms. The minimum absolute atomic E-state index is 0.0582. The highest BCUT2D eigenvalue weighted by Gasteiger charge is 2.38. The van der Waals surface area contributed by atoms with E-state index in [1.54, 1.807) is 17.0 Å². The van der Waals surface area contributed by atoms with Crippen LogP contribution < -0.4 is 5.32 Å². The summed E-state index contributed by atoms with van der Waals surface area (Å²) in [7, 11) is 0. The van der Waals surface area contributed by atoms with Gasteiger partial charge >= 0.3 is 6.09 Å². The fraction of sp³-hybridized carbons (Fsp3) is 0.333. The number of nitrogens with one attached hydrogen (secondary N) is 1. The first-order valence-electron chi connectivity index (χ1n) is 12.5. The van der Waals surface area contributed by atoms with Crippen molar-refractivity contribution < 1.29 is 14.3 Å². The average molecular weight is 540 g/mol. The molecule has 0 aliphatic carbocycles. The molecule has 3 aromatic carbocycles. The van der Waals surface area contributed by atoms with Crippen LogP contribution in [0.15, 0.2) is 72.8 Å². The van der Waals surface area contributed by atoms with Gasteiger partial charge in [0.1, 0.15) is 5.60 Å². The third-order valence-corrected chi connectivity index (χ3v) is 7.37. The van der Waals surface area contributed by atoms with Gasteiger partial charge in [-0.2, -0.15) is 0 Å². The van der Waals surface area contributed by atoms with Crippen molar-refractivity contribution in [3.05, 3.63) is 94.0 Å². The van der Waals surface area contributed by atoms with Crippen molar-refractivity contribution in [3.8, 4) is 11.1 Å². The Kier molecular flexibility index (Phi) is 8.46. The van der Waals surface area contributed by atoms with Crippen LogP contribution in [-0.2, 0) is 16.1 Å². The van der Waals surface area contributed by atoms with Crippen LogP contribution in [0.25, 0.3) is 11.1 Å². The lowest BCUT2D eigenvalue weighted by molar-refractivity contribution is -0.127. The van der Waals surface area contributed by atoms with Crippen LogP contribution >= 0.6 is 23.2 Å². The molecule has 0 saturated carbocycles. The van der Waals surface area contributed by atoms with Crippen LogP contribution in [-0.4, -0.2) is 35.6 Å². The Labute approximate surface area is 228 Å². The summed E-state index contributed by atoms with van der Waals surface area (Å²) in [6.07, 6.45) is 0.243. The number of hydrogen-bond donors (Lipinski definition) is 1. The summed E-state index contributed by atoms with van der Waals surface area (Å²) in [6.45, 7) is 6.55. The van der Waals surface area contributed by atoms with Crippen LogP contribution in [0, 0.1) is 5.92 Å². The molecule has 2 amide bonds. The minimum atomic E-state index is -0.612. The SMILES string of the molecule is CC(C)(C)OC(=O)N1CC[C@H](c2cccc(-c3ccccc3)c2)[C@@H](C(=O)NCc2cccc(Cl)c2Cl)C1. The molecule has 1 heterocycles. The molecule has 0 unspecified atom stereocenters. The number of piperidine rings is 1. The van der Waals surface area contributed by atoms with Gasteiger partial charge in [-0.05, 0) is 61.4 Å². The van der Waals surface area contributed by atoms with E-state index < -0.39 is 17.6 Å². The number of hydrogen-bond acceptors (Lipinski definition) is 3. The van der Waals surface area contributed by atoms with Crippen LogP contribution in [0.2, 0.25) is 10.0 Å². The van der Waals surface area contributed by atoms with E-state index in [0.29, 0.717) is 23.0 Å². The van der Waals surface area contributed by atoms with Crippen molar-refractivity contribution in [2.24, 2.45) is 5.92 Å². The maximum Gasteiger partial charge on any atom is 0.410 e. The molecule has 3 aromatic rings. The van der Waals surface area contributed by atoms with Crippen LogP contribution in [0.4, 0.5) is 4.79 Å². The lowest BCUT2D eigenvalue weighted by Crippen LogP contribution is -2.49. The van der Waals surface area contributed by atoms with Crippen molar-refractivity contribution in [1.82, 2.24) is 10.2 Å². The second-order valence-electron chi connectivity index (χ2n) is 10.4. The molecule has 0 bridgehead atoms. The van der Waals surface area contributed by atoms with Crippen LogP contribution in [0.5, 0.6) is 0 Å². The van der Waals surface area contributed by atoms with Crippen molar-refractivity contribution in [2.45, 2.75) is 45.3 Å². The highest BCUT2D eigenvalue weighted by molar-refractivity contribution is 6.42. The van der Waals surface area contributed by atoms with Gasteiger partial charge in [0.2, 0.25) is 5.91 Å². The van der Waals surface area contributed by atoms with Gasteiger partial charge in [0.05, 0.1) is 16.0 Å². The fourth-order valence-electron chi connectivity index (χ4n) is 4.69. The second-order valence-corrected chi connectivity index (χ2v) is 11.1. The number of carbonyl (C=O) groups is 2. The van der Waals surface area contributed by atoms with E-state index in [1.165, 1.54) is 0 Å². The van der Waals surface area contributed by atoms with E-state index in [-0.39, 0.29) is 24.9 Å².